The van der Waals surface area contributed by atoms with Crippen LogP contribution in [0.5, 0.6) is 11.6 Å². The van der Waals surface area contributed by atoms with Crippen LogP contribution in [-0.4, -0.2) is 17.9 Å². The van der Waals surface area contributed by atoms with Gasteiger partial charge in [0, 0.05) is 25.0 Å². The van der Waals surface area contributed by atoms with Crippen LogP contribution in [0.15, 0.2) is 36.5 Å². The Morgan fingerprint density at radius 1 is 1.24 bits per heavy atom. The van der Waals surface area contributed by atoms with E-state index < -0.39 is 17.2 Å². The molecule has 2 aromatic rings. The predicted octanol–water partition coefficient (Wildman–Crippen LogP) is 4.54. The van der Waals surface area contributed by atoms with E-state index in [4.69, 9.17) is 4.74 Å². The topological polar surface area (TPSA) is 42.4 Å². The molecule has 0 aliphatic carbocycles. The Bertz CT molecular complexity index is 818. The Morgan fingerprint density at radius 2 is 1.96 bits per heavy atom. The first-order valence-electron chi connectivity index (χ1n) is 7.80. The van der Waals surface area contributed by atoms with Crippen molar-refractivity contribution < 1.29 is 22.7 Å². The van der Waals surface area contributed by atoms with Crippen LogP contribution < -0.4 is 9.64 Å². The third kappa shape index (κ3) is 2.83. The fraction of sp³-hybridized carbons (Fsp3) is 0.333. The third-order valence-electron chi connectivity index (χ3n) is 4.69. The van der Waals surface area contributed by atoms with Gasteiger partial charge in [-0.2, -0.15) is 13.2 Å². The number of ether oxygens (including phenoxy) is 1. The van der Waals surface area contributed by atoms with Gasteiger partial charge in [0.15, 0.2) is 0 Å². The van der Waals surface area contributed by atoms with Gasteiger partial charge in [-0.1, -0.05) is 6.92 Å². The quantitative estimate of drug-likeness (QED) is 0.816. The smallest absolute Gasteiger partial charge is 0.417 e. The van der Waals surface area contributed by atoms with Gasteiger partial charge >= 0.3 is 6.18 Å². The minimum Gasteiger partial charge on any atom is -0.439 e. The summed E-state index contributed by atoms with van der Waals surface area (Å²) in [6.07, 6.45) is -3.08. The van der Waals surface area contributed by atoms with Crippen LogP contribution in [0.3, 0.4) is 0 Å². The van der Waals surface area contributed by atoms with Crippen molar-refractivity contribution in [3.8, 4) is 11.6 Å². The molecule has 1 unspecified atom stereocenters. The number of pyridine rings is 1. The lowest BCUT2D eigenvalue weighted by Gasteiger charge is -2.21. The molecule has 0 fully saturated rings. The summed E-state index contributed by atoms with van der Waals surface area (Å²) in [7, 11) is 1.72. The van der Waals surface area contributed by atoms with Crippen LogP contribution >= 0.6 is 0 Å². The summed E-state index contributed by atoms with van der Waals surface area (Å²) in [4.78, 5) is 17.8. The molecule has 1 amide bonds. The molecule has 2 heterocycles. The predicted molar refractivity (Wildman–Crippen MR) is 86.8 cm³/mol. The molecule has 25 heavy (non-hydrogen) atoms. The maximum Gasteiger partial charge on any atom is 0.417 e. The van der Waals surface area contributed by atoms with Crippen LogP contribution in [0.4, 0.5) is 18.9 Å². The normalized spacial score (nSPS) is 19.9. The highest BCUT2D eigenvalue weighted by Gasteiger charge is 2.44. The molecule has 1 aliphatic rings. The number of benzene rings is 1. The van der Waals surface area contributed by atoms with Crippen molar-refractivity contribution in [2.24, 2.45) is 0 Å². The molecule has 1 aliphatic heterocycles. The van der Waals surface area contributed by atoms with Gasteiger partial charge in [-0.05, 0) is 43.2 Å². The van der Waals surface area contributed by atoms with Crippen LogP contribution in [-0.2, 0) is 16.4 Å². The molecular formula is C18H17F3N2O2. The van der Waals surface area contributed by atoms with E-state index in [1.54, 1.807) is 30.1 Å². The maximum atomic E-state index is 12.6. The highest BCUT2D eigenvalue weighted by Crippen LogP contribution is 2.45. The largest absolute Gasteiger partial charge is 0.439 e. The van der Waals surface area contributed by atoms with Gasteiger partial charge in [-0.25, -0.2) is 4.98 Å². The van der Waals surface area contributed by atoms with Gasteiger partial charge in [-0.3, -0.25) is 4.79 Å². The van der Waals surface area contributed by atoms with E-state index in [0.29, 0.717) is 12.2 Å². The van der Waals surface area contributed by atoms with Crippen molar-refractivity contribution in [2.75, 3.05) is 11.9 Å². The lowest BCUT2D eigenvalue weighted by Crippen LogP contribution is -2.35. The van der Waals surface area contributed by atoms with Crippen LogP contribution in [0.1, 0.15) is 31.4 Å². The van der Waals surface area contributed by atoms with E-state index in [1.807, 2.05) is 13.8 Å². The molecule has 0 radical (unpaired) electrons. The zero-order valence-electron chi connectivity index (χ0n) is 14.0. The molecule has 1 atom stereocenters. The lowest BCUT2D eigenvalue weighted by molar-refractivity contribution is -0.137. The lowest BCUT2D eigenvalue weighted by atomic mass is 9.81. The van der Waals surface area contributed by atoms with Crippen molar-refractivity contribution in [3.63, 3.8) is 0 Å². The number of anilines is 1. The molecule has 0 N–H and O–H groups in total. The fourth-order valence-electron chi connectivity index (χ4n) is 2.98. The van der Waals surface area contributed by atoms with Crippen LogP contribution in [0.25, 0.3) is 0 Å². The van der Waals surface area contributed by atoms with E-state index in [9.17, 15) is 18.0 Å². The van der Waals surface area contributed by atoms with Gasteiger partial charge in [0.25, 0.3) is 0 Å². The number of rotatable bonds is 3. The van der Waals surface area contributed by atoms with Crippen molar-refractivity contribution in [1.82, 2.24) is 4.98 Å². The fourth-order valence-corrected chi connectivity index (χ4v) is 2.98. The molecule has 0 spiro atoms. The molecule has 3 rings (SSSR count). The minimum absolute atomic E-state index is 0.00908. The van der Waals surface area contributed by atoms with E-state index in [1.165, 1.54) is 6.07 Å². The SMILES string of the molecule is CCC1(C)C(=O)N(C)c2ccc(Oc3ccc(C(F)(F)F)cn3)cc21. The highest BCUT2D eigenvalue weighted by atomic mass is 19.4. The van der Waals surface area contributed by atoms with Crippen molar-refractivity contribution in [1.29, 1.82) is 0 Å². The third-order valence-corrected chi connectivity index (χ3v) is 4.69. The Labute approximate surface area is 143 Å². The zero-order chi connectivity index (χ0) is 18.4. The van der Waals surface area contributed by atoms with Gasteiger partial charge in [0.05, 0.1) is 11.0 Å². The second-order valence-corrected chi connectivity index (χ2v) is 6.21. The second kappa shape index (κ2) is 5.75. The first kappa shape index (κ1) is 17.3. The number of likely N-dealkylation sites (N-methyl/N-ethyl adjacent to an activating group) is 1. The highest BCUT2D eigenvalue weighted by molar-refractivity contribution is 6.07. The van der Waals surface area contributed by atoms with Crippen molar-refractivity contribution in [3.05, 3.63) is 47.7 Å². The number of carbonyl (C=O) groups is 1. The first-order chi connectivity index (χ1) is 11.7. The molecular weight excluding hydrogens is 333 g/mol. The van der Waals surface area contributed by atoms with E-state index in [-0.39, 0.29) is 11.8 Å². The number of alkyl halides is 3. The average molecular weight is 350 g/mol. The molecule has 132 valence electrons. The summed E-state index contributed by atoms with van der Waals surface area (Å²) in [6.45, 7) is 3.81. The number of halogens is 3. The molecule has 7 heteroatoms. The number of nitrogens with zero attached hydrogens (tertiary/aromatic N) is 2. The van der Waals surface area contributed by atoms with Gasteiger partial charge in [0.2, 0.25) is 11.8 Å². The van der Waals surface area contributed by atoms with Gasteiger partial charge < -0.3 is 9.64 Å². The Balaban J connectivity index is 1.90. The molecule has 0 bridgehead atoms. The number of fused-ring (bicyclic) bond motifs is 1. The van der Waals surface area contributed by atoms with Crippen molar-refractivity contribution in [2.45, 2.75) is 31.9 Å². The van der Waals surface area contributed by atoms with E-state index >= 15 is 0 Å². The molecule has 0 saturated carbocycles. The summed E-state index contributed by atoms with van der Waals surface area (Å²) < 4.78 is 43.3. The Kier molecular flexibility index (Phi) is 3.97. The standard InChI is InChI=1S/C18H17F3N2O2/c1-4-17(2)13-9-12(6-7-14(13)23(3)16(17)24)25-15-8-5-11(10-22-15)18(19,20)21/h5-10H,4H2,1-3H3. The number of amides is 1. The Morgan fingerprint density at radius 3 is 2.52 bits per heavy atom. The number of aromatic nitrogens is 1. The summed E-state index contributed by atoms with van der Waals surface area (Å²) in [5.74, 6) is 0.493. The zero-order valence-corrected chi connectivity index (χ0v) is 14.0. The molecule has 0 saturated heterocycles. The maximum absolute atomic E-state index is 12.6. The molecule has 1 aromatic carbocycles. The number of carbonyl (C=O) groups excluding carboxylic acids is 1. The monoisotopic (exact) mass is 350 g/mol. The Hall–Kier alpha value is -2.57. The summed E-state index contributed by atoms with van der Waals surface area (Å²) in [5.41, 5.74) is 0.172. The first-order valence-corrected chi connectivity index (χ1v) is 7.80. The summed E-state index contributed by atoms with van der Waals surface area (Å²) in [6, 6.07) is 7.28. The molecule has 4 nitrogen and oxygen atoms in total. The molecule has 1 aromatic heterocycles. The van der Waals surface area contributed by atoms with Crippen LogP contribution in [0, 0.1) is 0 Å². The van der Waals surface area contributed by atoms with Gasteiger partial charge in [-0.15, -0.1) is 0 Å². The number of hydrogen-bond acceptors (Lipinski definition) is 3. The number of hydrogen-bond donors (Lipinski definition) is 0. The second-order valence-electron chi connectivity index (χ2n) is 6.21. The van der Waals surface area contributed by atoms with Gasteiger partial charge in [0.1, 0.15) is 5.75 Å². The summed E-state index contributed by atoms with van der Waals surface area (Å²) in [5, 5.41) is 0. The summed E-state index contributed by atoms with van der Waals surface area (Å²) >= 11 is 0. The van der Waals surface area contributed by atoms with E-state index in [0.717, 1.165) is 23.5 Å². The minimum atomic E-state index is -4.44. The van der Waals surface area contributed by atoms with E-state index in [2.05, 4.69) is 4.98 Å². The van der Waals surface area contributed by atoms with Crippen LogP contribution in [0.2, 0.25) is 0 Å². The van der Waals surface area contributed by atoms with Crippen molar-refractivity contribution >= 4 is 11.6 Å². The average Bonchev–Trinajstić information content (AvgIpc) is 2.77.